The molecule has 19 heavy (non-hydrogen) atoms. The fraction of sp³-hybridized carbons (Fsp3) is 0.562. The monoisotopic (exact) mass is 263 g/mol. The molecule has 0 heterocycles. The third-order valence-electron chi connectivity index (χ3n) is 3.61. The minimum atomic E-state index is -0.0761. The first-order valence-electron chi connectivity index (χ1n) is 7.16. The fourth-order valence-corrected chi connectivity index (χ4v) is 2.26. The standard InChI is InChI=1S/C16H25NO2/c1-3-13(10-11-18)12-17-16(19)15(4-2)14-8-6-5-7-9-14/h5-9,13,15,18H,3-4,10-12H2,1-2H3,(H,17,19). The van der Waals surface area contributed by atoms with Crippen molar-refractivity contribution in [2.75, 3.05) is 13.2 Å². The molecule has 0 saturated carbocycles. The number of nitrogens with one attached hydrogen (secondary N) is 1. The number of carbonyl (C=O) groups is 1. The van der Waals surface area contributed by atoms with Crippen molar-refractivity contribution >= 4 is 5.91 Å². The van der Waals surface area contributed by atoms with E-state index in [1.165, 1.54) is 0 Å². The molecule has 0 saturated heterocycles. The molecular formula is C16H25NO2. The summed E-state index contributed by atoms with van der Waals surface area (Å²) in [6.07, 6.45) is 2.52. The zero-order valence-corrected chi connectivity index (χ0v) is 11.9. The maximum Gasteiger partial charge on any atom is 0.227 e. The van der Waals surface area contributed by atoms with Gasteiger partial charge in [-0.3, -0.25) is 4.79 Å². The molecule has 0 aromatic heterocycles. The Morgan fingerprint density at radius 3 is 2.42 bits per heavy atom. The van der Waals surface area contributed by atoms with Crippen molar-refractivity contribution in [1.82, 2.24) is 5.32 Å². The first-order valence-corrected chi connectivity index (χ1v) is 7.16. The number of hydrogen-bond acceptors (Lipinski definition) is 2. The molecule has 2 atom stereocenters. The van der Waals surface area contributed by atoms with E-state index in [-0.39, 0.29) is 18.4 Å². The van der Waals surface area contributed by atoms with Gasteiger partial charge in [-0.15, -0.1) is 0 Å². The van der Waals surface area contributed by atoms with Crippen LogP contribution in [0, 0.1) is 5.92 Å². The quantitative estimate of drug-likeness (QED) is 0.757. The summed E-state index contributed by atoms with van der Waals surface area (Å²) in [5.41, 5.74) is 1.07. The van der Waals surface area contributed by atoms with Crippen LogP contribution in [0.25, 0.3) is 0 Å². The van der Waals surface area contributed by atoms with Gasteiger partial charge in [0, 0.05) is 13.2 Å². The summed E-state index contributed by atoms with van der Waals surface area (Å²) in [6.45, 7) is 4.95. The molecule has 0 bridgehead atoms. The summed E-state index contributed by atoms with van der Waals surface area (Å²) in [5, 5.41) is 12.0. The Hall–Kier alpha value is -1.35. The van der Waals surface area contributed by atoms with Gasteiger partial charge in [0.25, 0.3) is 0 Å². The largest absolute Gasteiger partial charge is 0.396 e. The summed E-state index contributed by atoms with van der Waals surface area (Å²) in [7, 11) is 0. The van der Waals surface area contributed by atoms with Crippen LogP contribution in [0.4, 0.5) is 0 Å². The topological polar surface area (TPSA) is 49.3 Å². The molecule has 3 nitrogen and oxygen atoms in total. The number of benzene rings is 1. The summed E-state index contributed by atoms with van der Waals surface area (Å²) in [6, 6.07) is 9.89. The van der Waals surface area contributed by atoms with Gasteiger partial charge in [-0.2, -0.15) is 0 Å². The number of hydrogen-bond donors (Lipinski definition) is 2. The maximum absolute atomic E-state index is 12.2. The second kappa shape index (κ2) is 8.70. The highest BCUT2D eigenvalue weighted by molar-refractivity contribution is 5.83. The lowest BCUT2D eigenvalue weighted by molar-refractivity contribution is -0.122. The van der Waals surface area contributed by atoms with Gasteiger partial charge in [0.2, 0.25) is 5.91 Å². The molecule has 0 spiro atoms. The van der Waals surface area contributed by atoms with Gasteiger partial charge in [-0.1, -0.05) is 50.6 Å². The first-order chi connectivity index (χ1) is 9.22. The van der Waals surface area contributed by atoms with Crippen LogP contribution < -0.4 is 5.32 Å². The normalized spacial score (nSPS) is 13.8. The lowest BCUT2D eigenvalue weighted by atomic mass is 9.95. The van der Waals surface area contributed by atoms with Crippen molar-refractivity contribution in [3.63, 3.8) is 0 Å². The Kier molecular flexibility index (Phi) is 7.19. The van der Waals surface area contributed by atoms with Crippen LogP contribution in [0.2, 0.25) is 0 Å². The van der Waals surface area contributed by atoms with E-state index in [9.17, 15) is 4.79 Å². The van der Waals surface area contributed by atoms with Crippen LogP contribution in [0.15, 0.2) is 30.3 Å². The van der Waals surface area contributed by atoms with Gasteiger partial charge in [0.15, 0.2) is 0 Å². The molecular weight excluding hydrogens is 238 g/mol. The summed E-state index contributed by atoms with van der Waals surface area (Å²) in [5.74, 6) is 0.375. The minimum Gasteiger partial charge on any atom is -0.396 e. The molecule has 0 radical (unpaired) electrons. The van der Waals surface area contributed by atoms with E-state index in [0.29, 0.717) is 12.5 Å². The van der Waals surface area contributed by atoms with Crippen LogP contribution in [-0.2, 0) is 4.79 Å². The minimum absolute atomic E-state index is 0.0761. The second-order valence-electron chi connectivity index (χ2n) is 4.90. The summed E-state index contributed by atoms with van der Waals surface area (Å²) >= 11 is 0. The lowest BCUT2D eigenvalue weighted by Crippen LogP contribution is -2.33. The molecule has 1 aromatic rings. The SMILES string of the molecule is CCC(CCO)CNC(=O)C(CC)c1ccccc1. The average molecular weight is 263 g/mol. The fourth-order valence-electron chi connectivity index (χ4n) is 2.26. The van der Waals surface area contributed by atoms with Crippen molar-refractivity contribution in [2.45, 2.75) is 39.0 Å². The van der Waals surface area contributed by atoms with Crippen LogP contribution in [0.1, 0.15) is 44.6 Å². The van der Waals surface area contributed by atoms with Gasteiger partial charge >= 0.3 is 0 Å². The predicted octanol–water partition coefficient (Wildman–Crippen LogP) is 2.71. The molecule has 0 aliphatic rings. The molecule has 1 amide bonds. The van der Waals surface area contributed by atoms with Gasteiger partial charge in [-0.25, -0.2) is 0 Å². The molecule has 106 valence electrons. The molecule has 0 fully saturated rings. The predicted molar refractivity (Wildman–Crippen MR) is 78.0 cm³/mol. The van der Waals surface area contributed by atoms with Crippen LogP contribution >= 0.6 is 0 Å². The highest BCUT2D eigenvalue weighted by Crippen LogP contribution is 2.19. The van der Waals surface area contributed by atoms with Gasteiger partial charge in [-0.05, 0) is 24.3 Å². The van der Waals surface area contributed by atoms with Crippen molar-refractivity contribution in [2.24, 2.45) is 5.92 Å². The highest BCUT2D eigenvalue weighted by atomic mass is 16.3. The Morgan fingerprint density at radius 1 is 1.21 bits per heavy atom. The summed E-state index contributed by atoms with van der Waals surface area (Å²) in [4.78, 5) is 12.2. The van der Waals surface area contributed by atoms with Crippen LogP contribution in [0.5, 0.6) is 0 Å². The van der Waals surface area contributed by atoms with Crippen molar-refractivity contribution in [3.05, 3.63) is 35.9 Å². The Morgan fingerprint density at radius 2 is 1.89 bits per heavy atom. The van der Waals surface area contributed by atoms with Crippen LogP contribution in [-0.4, -0.2) is 24.2 Å². The van der Waals surface area contributed by atoms with E-state index in [2.05, 4.69) is 12.2 Å². The van der Waals surface area contributed by atoms with E-state index in [4.69, 9.17) is 5.11 Å². The molecule has 1 rings (SSSR count). The molecule has 0 aliphatic heterocycles. The Bertz CT molecular complexity index is 364. The number of amides is 1. The number of aliphatic hydroxyl groups is 1. The molecule has 1 aromatic carbocycles. The Balaban J connectivity index is 2.55. The van der Waals surface area contributed by atoms with Crippen LogP contribution in [0.3, 0.4) is 0 Å². The van der Waals surface area contributed by atoms with E-state index in [1.807, 2.05) is 37.3 Å². The van der Waals surface area contributed by atoms with Gasteiger partial charge in [0.1, 0.15) is 0 Å². The molecule has 0 aliphatic carbocycles. The molecule has 3 heteroatoms. The van der Waals surface area contributed by atoms with E-state index < -0.39 is 0 Å². The summed E-state index contributed by atoms with van der Waals surface area (Å²) < 4.78 is 0. The van der Waals surface area contributed by atoms with Crippen molar-refractivity contribution in [3.8, 4) is 0 Å². The second-order valence-corrected chi connectivity index (χ2v) is 4.90. The average Bonchev–Trinajstić information content (AvgIpc) is 2.45. The van der Waals surface area contributed by atoms with Crippen molar-refractivity contribution < 1.29 is 9.90 Å². The zero-order valence-electron chi connectivity index (χ0n) is 11.9. The first kappa shape index (κ1) is 15.7. The molecule has 2 N–H and O–H groups in total. The van der Waals surface area contributed by atoms with E-state index >= 15 is 0 Å². The van der Waals surface area contributed by atoms with Crippen molar-refractivity contribution in [1.29, 1.82) is 0 Å². The maximum atomic E-state index is 12.2. The van der Waals surface area contributed by atoms with Gasteiger partial charge in [0.05, 0.1) is 5.92 Å². The van der Waals surface area contributed by atoms with E-state index in [1.54, 1.807) is 0 Å². The third kappa shape index (κ3) is 5.03. The zero-order chi connectivity index (χ0) is 14.1. The number of rotatable bonds is 8. The smallest absolute Gasteiger partial charge is 0.227 e. The number of carbonyl (C=O) groups excluding carboxylic acids is 1. The third-order valence-corrected chi connectivity index (χ3v) is 3.61. The lowest BCUT2D eigenvalue weighted by Gasteiger charge is -2.19. The Labute approximate surface area is 116 Å². The van der Waals surface area contributed by atoms with E-state index in [0.717, 1.165) is 24.8 Å². The molecule has 2 unspecified atom stereocenters. The highest BCUT2D eigenvalue weighted by Gasteiger charge is 2.18. The number of aliphatic hydroxyl groups excluding tert-OH is 1. The van der Waals surface area contributed by atoms with Gasteiger partial charge < -0.3 is 10.4 Å².